The van der Waals surface area contributed by atoms with Gasteiger partial charge >= 0.3 is 0 Å². The van der Waals surface area contributed by atoms with Crippen molar-refractivity contribution < 1.29 is 5.11 Å². The van der Waals surface area contributed by atoms with Gasteiger partial charge in [-0.1, -0.05) is 12.1 Å². The van der Waals surface area contributed by atoms with Gasteiger partial charge in [0.25, 0.3) is 0 Å². The van der Waals surface area contributed by atoms with Crippen molar-refractivity contribution in [1.82, 2.24) is 19.6 Å². The minimum atomic E-state index is 0.277. The van der Waals surface area contributed by atoms with Crippen molar-refractivity contribution in [3.05, 3.63) is 48.3 Å². The van der Waals surface area contributed by atoms with E-state index in [9.17, 15) is 0 Å². The summed E-state index contributed by atoms with van der Waals surface area (Å²) in [6.45, 7) is 5.48. The fourth-order valence-electron chi connectivity index (χ4n) is 3.53. The Morgan fingerprint density at radius 3 is 2.58 bits per heavy atom. The predicted octanol–water partition coefficient (Wildman–Crippen LogP) is 2.01. The summed E-state index contributed by atoms with van der Waals surface area (Å²) in [5.74, 6) is 0.772. The lowest BCUT2D eigenvalue weighted by Gasteiger charge is -2.33. The average molecular weight is 328 g/mol. The molecule has 0 amide bonds. The van der Waals surface area contributed by atoms with Gasteiger partial charge in [-0.15, -0.1) is 0 Å². The molecule has 0 radical (unpaired) electrons. The zero-order valence-electron chi connectivity index (χ0n) is 14.5. The van der Waals surface area contributed by atoms with E-state index in [1.165, 1.54) is 18.4 Å². The second-order valence-corrected chi connectivity index (χ2v) is 6.82. The highest BCUT2D eigenvalue weighted by Gasteiger charge is 2.19. The van der Waals surface area contributed by atoms with E-state index in [0.29, 0.717) is 0 Å². The number of piperidine rings is 1. The minimum absolute atomic E-state index is 0.277. The molecule has 0 atom stereocenters. The van der Waals surface area contributed by atoms with E-state index < -0.39 is 0 Å². The lowest BCUT2D eigenvalue weighted by molar-refractivity contribution is 0.129. The van der Waals surface area contributed by atoms with Crippen molar-refractivity contribution in [3.63, 3.8) is 0 Å². The molecule has 3 rings (SSSR count). The largest absolute Gasteiger partial charge is 0.395 e. The number of benzene rings is 1. The number of aliphatic hydroxyl groups excluding tert-OH is 1. The van der Waals surface area contributed by atoms with E-state index in [-0.39, 0.29) is 6.61 Å². The maximum absolute atomic E-state index is 9.02. The Balaban J connectivity index is 1.46. The summed E-state index contributed by atoms with van der Waals surface area (Å²) in [6, 6.07) is 10.6. The molecule has 24 heavy (non-hydrogen) atoms. The summed E-state index contributed by atoms with van der Waals surface area (Å²) in [6.07, 6.45) is 6.24. The summed E-state index contributed by atoms with van der Waals surface area (Å²) in [4.78, 5) is 4.79. The first kappa shape index (κ1) is 17.1. The molecule has 1 aromatic carbocycles. The second kappa shape index (κ2) is 8.42. The normalized spacial score (nSPS) is 16.8. The highest BCUT2D eigenvalue weighted by Crippen LogP contribution is 2.19. The lowest BCUT2D eigenvalue weighted by atomic mass is 9.96. The smallest absolute Gasteiger partial charge is 0.0645 e. The second-order valence-electron chi connectivity index (χ2n) is 6.82. The molecule has 1 aromatic heterocycles. The molecule has 0 bridgehead atoms. The standard InChI is InChI=1S/C19H28N4O/c1-21(16-18-7-11-22(12-8-18)13-14-24)15-17-3-5-19(6-4-17)23-10-2-9-20-23/h2-6,9-10,18,24H,7-8,11-16H2,1H3. The third-order valence-electron chi connectivity index (χ3n) is 4.85. The number of β-amino-alcohol motifs (C(OH)–C–C–N with tert-alkyl or cyclic N) is 1. The Kier molecular flexibility index (Phi) is 6.01. The summed E-state index contributed by atoms with van der Waals surface area (Å²) < 4.78 is 1.88. The number of aliphatic hydroxyl groups is 1. The molecule has 1 N–H and O–H groups in total. The van der Waals surface area contributed by atoms with E-state index in [0.717, 1.165) is 44.3 Å². The van der Waals surface area contributed by atoms with E-state index in [1.54, 1.807) is 6.20 Å². The van der Waals surface area contributed by atoms with Crippen LogP contribution in [0.3, 0.4) is 0 Å². The number of rotatable bonds is 7. The van der Waals surface area contributed by atoms with Gasteiger partial charge in [-0.25, -0.2) is 4.68 Å². The molecule has 5 heteroatoms. The fraction of sp³-hybridized carbons (Fsp3) is 0.526. The average Bonchev–Trinajstić information content (AvgIpc) is 3.12. The van der Waals surface area contributed by atoms with Crippen molar-refractivity contribution >= 4 is 0 Å². The van der Waals surface area contributed by atoms with Crippen LogP contribution in [0.1, 0.15) is 18.4 Å². The van der Waals surface area contributed by atoms with Crippen molar-refractivity contribution in [2.45, 2.75) is 19.4 Å². The minimum Gasteiger partial charge on any atom is -0.395 e. The molecule has 0 unspecified atom stereocenters. The maximum atomic E-state index is 9.02. The lowest BCUT2D eigenvalue weighted by Crippen LogP contribution is -2.38. The molecule has 2 heterocycles. The highest BCUT2D eigenvalue weighted by atomic mass is 16.3. The van der Waals surface area contributed by atoms with Gasteiger partial charge in [-0.2, -0.15) is 5.10 Å². The van der Waals surface area contributed by atoms with E-state index in [4.69, 9.17) is 5.11 Å². The van der Waals surface area contributed by atoms with Crippen LogP contribution in [0.5, 0.6) is 0 Å². The van der Waals surface area contributed by atoms with Crippen LogP contribution in [0.4, 0.5) is 0 Å². The Morgan fingerprint density at radius 1 is 1.21 bits per heavy atom. The van der Waals surface area contributed by atoms with Crippen LogP contribution in [-0.2, 0) is 6.54 Å². The van der Waals surface area contributed by atoms with Gasteiger partial charge in [0.2, 0.25) is 0 Å². The molecule has 0 aliphatic carbocycles. The Bertz CT molecular complexity index is 588. The Labute approximate surface area is 144 Å². The first-order valence-electron chi connectivity index (χ1n) is 8.85. The van der Waals surface area contributed by atoms with Crippen molar-refractivity contribution in [1.29, 1.82) is 0 Å². The van der Waals surface area contributed by atoms with Crippen molar-refractivity contribution in [2.75, 3.05) is 39.8 Å². The van der Waals surface area contributed by atoms with Gasteiger partial charge in [0.05, 0.1) is 12.3 Å². The fourth-order valence-corrected chi connectivity index (χ4v) is 3.53. The highest BCUT2D eigenvalue weighted by molar-refractivity contribution is 5.33. The molecular formula is C19H28N4O. The van der Waals surface area contributed by atoms with Gasteiger partial charge in [0.1, 0.15) is 0 Å². The van der Waals surface area contributed by atoms with Crippen LogP contribution >= 0.6 is 0 Å². The van der Waals surface area contributed by atoms with E-state index in [2.05, 4.69) is 46.2 Å². The Morgan fingerprint density at radius 2 is 1.96 bits per heavy atom. The topological polar surface area (TPSA) is 44.5 Å². The molecular weight excluding hydrogens is 300 g/mol. The molecule has 5 nitrogen and oxygen atoms in total. The number of likely N-dealkylation sites (tertiary alicyclic amines) is 1. The number of aromatic nitrogens is 2. The third-order valence-corrected chi connectivity index (χ3v) is 4.85. The maximum Gasteiger partial charge on any atom is 0.0645 e. The first-order valence-corrected chi connectivity index (χ1v) is 8.85. The molecule has 1 saturated heterocycles. The van der Waals surface area contributed by atoms with Gasteiger partial charge in [0, 0.05) is 32.0 Å². The number of nitrogens with zero attached hydrogens (tertiary/aromatic N) is 4. The van der Waals surface area contributed by atoms with Crippen LogP contribution < -0.4 is 0 Å². The molecule has 2 aromatic rings. The van der Waals surface area contributed by atoms with Crippen LogP contribution in [0.25, 0.3) is 5.69 Å². The van der Waals surface area contributed by atoms with Crippen LogP contribution in [0.2, 0.25) is 0 Å². The van der Waals surface area contributed by atoms with E-state index in [1.807, 2.05) is 16.9 Å². The van der Waals surface area contributed by atoms with Gasteiger partial charge < -0.3 is 14.9 Å². The molecule has 0 spiro atoms. The number of hydrogen-bond donors (Lipinski definition) is 1. The molecule has 0 saturated carbocycles. The first-order chi connectivity index (χ1) is 11.7. The van der Waals surface area contributed by atoms with Crippen LogP contribution in [0, 0.1) is 5.92 Å². The molecule has 1 aliphatic rings. The zero-order valence-corrected chi connectivity index (χ0v) is 14.5. The zero-order chi connectivity index (χ0) is 16.8. The Hall–Kier alpha value is -1.69. The molecule has 1 aliphatic heterocycles. The molecule has 1 fully saturated rings. The van der Waals surface area contributed by atoms with Gasteiger partial charge in [-0.05, 0) is 62.7 Å². The quantitative estimate of drug-likeness (QED) is 0.844. The summed E-state index contributed by atoms with van der Waals surface area (Å²) in [5, 5.41) is 13.3. The summed E-state index contributed by atoms with van der Waals surface area (Å²) >= 11 is 0. The number of hydrogen-bond acceptors (Lipinski definition) is 4. The van der Waals surface area contributed by atoms with Gasteiger partial charge in [-0.3, -0.25) is 0 Å². The summed E-state index contributed by atoms with van der Waals surface area (Å²) in [7, 11) is 2.21. The van der Waals surface area contributed by atoms with Gasteiger partial charge in [0.15, 0.2) is 0 Å². The summed E-state index contributed by atoms with van der Waals surface area (Å²) in [5.41, 5.74) is 2.44. The van der Waals surface area contributed by atoms with Crippen molar-refractivity contribution in [2.24, 2.45) is 5.92 Å². The molecule has 130 valence electrons. The monoisotopic (exact) mass is 328 g/mol. The predicted molar refractivity (Wildman–Crippen MR) is 96.1 cm³/mol. The SMILES string of the molecule is CN(Cc1ccc(-n2cccn2)cc1)CC1CCN(CCO)CC1. The van der Waals surface area contributed by atoms with Crippen LogP contribution in [-0.4, -0.2) is 64.5 Å². The third kappa shape index (κ3) is 4.66. The van der Waals surface area contributed by atoms with Crippen molar-refractivity contribution in [3.8, 4) is 5.69 Å². The van der Waals surface area contributed by atoms with E-state index >= 15 is 0 Å². The van der Waals surface area contributed by atoms with Crippen LogP contribution in [0.15, 0.2) is 42.7 Å².